The molecular weight excluding hydrogens is 445 g/mol. The van der Waals surface area contributed by atoms with Gasteiger partial charge in [-0.2, -0.15) is 9.19 Å². The third-order valence-corrected chi connectivity index (χ3v) is 6.37. The fraction of sp³-hybridized carbons (Fsp3) is 0.250. The molecule has 1 aliphatic rings. The Bertz CT molecular complexity index is 1560. The molecule has 8 nitrogen and oxygen atoms in total. The zero-order valence-electron chi connectivity index (χ0n) is 17.4. The number of aryl methyl sites for hydroxylation is 1. The molecule has 0 bridgehead atoms. The monoisotopic (exact) mass is 462 g/mol. The Hall–Kier alpha value is -3.41. The molecule has 1 aliphatic heterocycles. The van der Waals surface area contributed by atoms with Crippen LogP contribution in [0, 0.1) is 24.4 Å². The molecule has 12 heteroatoms. The molecule has 4 aromatic rings. The number of anilines is 1. The first kappa shape index (κ1) is 20.5. The van der Waals surface area contributed by atoms with E-state index in [1.54, 1.807) is 20.8 Å². The van der Waals surface area contributed by atoms with Crippen molar-refractivity contribution in [2.24, 2.45) is 0 Å². The fourth-order valence-electron chi connectivity index (χ4n) is 4.14. The molecule has 0 fully saturated rings. The highest BCUT2D eigenvalue weighted by atomic mass is 32.2. The number of aromatic nitrogens is 5. The average Bonchev–Trinajstić information content (AvgIpc) is 3.25. The summed E-state index contributed by atoms with van der Waals surface area (Å²) in [5.74, 6) is -1.96. The Morgan fingerprint density at radius 2 is 1.81 bits per heavy atom. The molecule has 0 aliphatic carbocycles. The molecule has 2 aromatic carbocycles. The zero-order valence-corrected chi connectivity index (χ0v) is 18.2. The molecular formula is C20H17F3N6O2S. The lowest BCUT2D eigenvalue weighted by molar-refractivity contribution is 0.517. The van der Waals surface area contributed by atoms with Crippen LogP contribution in [0.2, 0.25) is 0 Å². The predicted octanol–water partition coefficient (Wildman–Crippen LogP) is 3.48. The Morgan fingerprint density at radius 3 is 2.50 bits per heavy atom. The van der Waals surface area contributed by atoms with E-state index in [1.807, 2.05) is 0 Å². The first-order chi connectivity index (χ1) is 14.9. The van der Waals surface area contributed by atoms with E-state index in [0.717, 1.165) is 30.7 Å². The van der Waals surface area contributed by atoms with Crippen LogP contribution in [-0.4, -0.2) is 38.6 Å². The lowest BCUT2D eigenvalue weighted by Crippen LogP contribution is -2.36. The summed E-state index contributed by atoms with van der Waals surface area (Å²) in [6, 6.07) is 3.02. The Morgan fingerprint density at radius 1 is 1.09 bits per heavy atom. The van der Waals surface area contributed by atoms with Crippen molar-refractivity contribution < 1.29 is 21.6 Å². The third kappa shape index (κ3) is 2.75. The molecule has 2 aromatic heterocycles. The van der Waals surface area contributed by atoms with Crippen molar-refractivity contribution in [3.05, 3.63) is 53.5 Å². The number of hydrogen-bond acceptors (Lipinski definition) is 6. The zero-order chi connectivity index (χ0) is 23.2. The van der Waals surface area contributed by atoms with Gasteiger partial charge in [0.25, 0.3) is 10.0 Å². The van der Waals surface area contributed by atoms with Gasteiger partial charge in [-0.05, 0) is 26.8 Å². The fourth-order valence-corrected chi connectivity index (χ4v) is 4.86. The number of fused-ring (bicyclic) bond motifs is 4. The summed E-state index contributed by atoms with van der Waals surface area (Å²) in [6.07, 6.45) is 2.04. The number of benzene rings is 2. The normalized spacial score (nSPS) is 14.8. The highest BCUT2D eigenvalue weighted by molar-refractivity contribution is 7.89. The highest BCUT2D eigenvalue weighted by Gasteiger charge is 2.37. The molecule has 166 valence electrons. The van der Waals surface area contributed by atoms with Crippen molar-refractivity contribution in [3.63, 3.8) is 0 Å². The van der Waals surface area contributed by atoms with Gasteiger partial charge in [-0.3, -0.25) is 4.57 Å². The van der Waals surface area contributed by atoms with Crippen molar-refractivity contribution in [3.8, 4) is 16.8 Å². The van der Waals surface area contributed by atoms with E-state index in [1.165, 1.54) is 4.57 Å². The minimum Gasteiger partial charge on any atom is -0.371 e. The van der Waals surface area contributed by atoms with Gasteiger partial charge < -0.3 is 5.32 Å². The maximum atomic E-state index is 16.0. The lowest BCUT2D eigenvalue weighted by atomic mass is 9.95. The summed E-state index contributed by atoms with van der Waals surface area (Å²) in [6.45, 7) is 5.24. The predicted molar refractivity (Wildman–Crippen MR) is 112 cm³/mol. The van der Waals surface area contributed by atoms with Crippen LogP contribution in [0.3, 0.4) is 0 Å². The molecule has 0 saturated heterocycles. The second-order valence-corrected chi connectivity index (χ2v) is 10.0. The minimum absolute atomic E-state index is 0.00820. The van der Waals surface area contributed by atoms with E-state index in [2.05, 4.69) is 20.6 Å². The van der Waals surface area contributed by atoms with Gasteiger partial charge in [0.15, 0.2) is 11.6 Å². The molecule has 5 rings (SSSR count). The van der Waals surface area contributed by atoms with E-state index in [4.69, 9.17) is 0 Å². The third-order valence-electron chi connectivity index (χ3n) is 5.45. The van der Waals surface area contributed by atoms with Crippen molar-refractivity contribution in [1.82, 2.24) is 24.0 Å². The molecule has 32 heavy (non-hydrogen) atoms. The SMILES string of the molecule is Cc1nnc2n1-c1c(cc(F)c(-c3cc(F)cc4c3cnn4S(C)(=O)=O)c1F)NC2(C)C. The second-order valence-electron chi connectivity index (χ2n) is 8.24. The Kier molecular flexibility index (Phi) is 4.04. The van der Waals surface area contributed by atoms with Gasteiger partial charge in [-0.15, -0.1) is 10.2 Å². The molecule has 0 unspecified atom stereocenters. The van der Waals surface area contributed by atoms with Gasteiger partial charge in [-0.1, -0.05) is 0 Å². The topological polar surface area (TPSA) is 94.7 Å². The van der Waals surface area contributed by atoms with Gasteiger partial charge in [0.05, 0.1) is 34.8 Å². The van der Waals surface area contributed by atoms with Crippen molar-refractivity contribution in [2.45, 2.75) is 26.3 Å². The van der Waals surface area contributed by atoms with Crippen LogP contribution in [0.1, 0.15) is 25.5 Å². The molecule has 3 heterocycles. The summed E-state index contributed by atoms with van der Waals surface area (Å²) in [7, 11) is -3.87. The maximum Gasteiger partial charge on any atom is 0.251 e. The first-order valence-electron chi connectivity index (χ1n) is 9.51. The summed E-state index contributed by atoms with van der Waals surface area (Å²) < 4.78 is 71.8. The van der Waals surface area contributed by atoms with Gasteiger partial charge in [0.2, 0.25) is 0 Å². The smallest absolute Gasteiger partial charge is 0.251 e. The average molecular weight is 462 g/mol. The van der Waals surface area contributed by atoms with E-state index < -0.39 is 38.6 Å². The van der Waals surface area contributed by atoms with Gasteiger partial charge in [0, 0.05) is 23.1 Å². The van der Waals surface area contributed by atoms with E-state index in [9.17, 15) is 12.8 Å². The summed E-state index contributed by atoms with van der Waals surface area (Å²) >= 11 is 0. The molecule has 0 spiro atoms. The Labute approximate surface area is 180 Å². The van der Waals surface area contributed by atoms with Crippen LogP contribution < -0.4 is 5.32 Å². The van der Waals surface area contributed by atoms with Crippen molar-refractivity contribution in [2.75, 3.05) is 11.6 Å². The molecule has 1 N–H and O–H groups in total. The van der Waals surface area contributed by atoms with Crippen molar-refractivity contribution in [1.29, 1.82) is 0 Å². The summed E-state index contributed by atoms with van der Waals surface area (Å²) in [5, 5.41) is 15.1. The number of hydrogen-bond donors (Lipinski definition) is 1. The number of nitrogens with zero attached hydrogens (tertiary/aromatic N) is 5. The van der Waals surface area contributed by atoms with Gasteiger partial charge >= 0.3 is 0 Å². The van der Waals surface area contributed by atoms with Crippen LogP contribution in [0.25, 0.3) is 27.7 Å². The number of halogens is 3. The van der Waals surface area contributed by atoms with Crippen LogP contribution in [0.5, 0.6) is 0 Å². The van der Waals surface area contributed by atoms with E-state index in [-0.39, 0.29) is 27.8 Å². The highest BCUT2D eigenvalue weighted by Crippen LogP contribution is 2.43. The van der Waals surface area contributed by atoms with Gasteiger partial charge in [-0.25, -0.2) is 21.6 Å². The van der Waals surface area contributed by atoms with Crippen LogP contribution >= 0.6 is 0 Å². The van der Waals surface area contributed by atoms with E-state index >= 15 is 8.78 Å². The van der Waals surface area contributed by atoms with Gasteiger partial charge in [0.1, 0.15) is 23.1 Å². The second kappa shape index (κ2) is 6.31. The minimum atomic E-state index is -3.87. The first-order valence-corrected chi connectivity index (χ1v) is 11.4. The Balaban J connectivity index is 1.87. The summed E-state index contributed by atoms with van der Waals surface area (Å²) in [5.41, 5.74) is -1.38. The largest absolute Gasteiger partial charge is 0.371 e. The quantitative estimate of drug-likeness (QED) is 0.490. The van der Waals surface area contributed by atoms with Crippen LogP contribution in [0.4, 0.5) is 18.9 Å². The number of rotatable bonds is 2. The standard InChI is InChI=1S/C20H17F3N6O2S/c1-9-26-27-19-20(2,3)25-14-7-13(22)16(17(23)18(14)28(9)19)11-5-10(21)6-15-12(11)8-24-29(15)32(4,30)31/h5-8,25H,1-4H3. The van der Waals surface area contributed by atoms with Crippen molar-refractivity contribution >= 4 is 26.6 Å². The molecule has 0 radical (unpaired) electrons. The van der Waals surface area contributed by atoms with E-state index in [0.29, 0.717) is 15.7 Å². The molecule has 0 atom stereocenters. The maximum absolute atomic E-state index is 16.0. The molecule has 0 saturated carbocycles. The van der Waals surface area contributed by atoms with Crippen LogP contribution in [0.15, 0.2) is 24.4 Å². The summed E-state index contributed by atoms with van der Waals surface area (Å²) in [4.78, 5) is 0. The lowest BCUT2D eigenvalue weighted by Gasteiger charge is -2.34. The molecule has 0 amide bonds. The van der Waals surface area contributed by atoms with Crippen LogP contribution in [-0.2, 0) is 15.6 Å². The number of nitrogens with one attached hydrogen (secondary N) is 1.